The van der Waals surface area contributed by atoms with E-state index in [0.717, 1.165) is 10.5 Å². The molecule has 9 heteroatoms. The number of hydrogen-bond donors (Lipinski definition) is 0. The number of hydroxylamine groups is 1. The first kappa shape index (κ1) is 20.4. The maximum absolute atomic E-state index is 13.5. The summed E-state index contributed by atoms with van der Waals surface area (Å²) < 4.78 is 0. The van der Waals surface area contributed by atoms with Gasteiger partial charge in [0, 0.05) is 12.1 Å². The van der Waals surface area contributed by atoms with E-state index in [4.69, 9.17) is 10.1 Å². The third-order valence-corrected chi connectivity index (χ3v) is 5.83. The molecule has 33 heavy (non-hydrogen) atoms. The number of nitriles is 1. The molecule has 2 amide bonds. The fraction of sp³-hybridized carbons (Fsp3) is 0.125. The van der Waals surface area contributed by atoms with Gasteiger partial charge in [-0.15, -0.1) is 0 Å². The van der Waals surface area contributed by atoms with Gasteiger partial charge < -0.3 is 0 Å². The van der Waals surface area contributed by atoms with Crippen molar-refractivity contribution in [1.29, 1.82) is 5.26 Å². The predicted octanol–water partition coefficient (Wildman–Crippen LogP) is 3.52. The number of nitro benzene ring substituents is 1. The fourth-order valence-corrected chi connectivity index (χ4v) is 4.28. The van der Waals surface area contributed by atoms with Crippen molar-refractivity contribution < 1.29 is 19.3 Å². The highest BCUT2D eigenvalue weighted by Crippen LogP contribution is 2.47. The number of imide groups is 1. The fourth-order valence-electron chi connectivity index (χ4n) is 4.28. The summed E-state index contributed by atoms with van der Waals surface area (Å²) in [5.41, 5.74) is 1.99. The summed E-state index contributed by atoms with van der Waals surface area (Å²) in [6, 6.07) is 22.7. The van der Waals surface area contributed by atoms with Crippen LogP contribution in [0.4, 0.5) is 17.1 Å². The third kappa shape index (κ3) is 3.30. The highest BCUT2D eigenvalue weighted by Gasteiger charge is 2.60. The van der Waals surface area contributed by atoms with Crippen molar-refractivity contribution in [3.63, 3.8) is 0 Å². The molecule has 3 atom stereocenters. The number of non-ortho nitro benzene ring substituents is 1. The van der Waals surface area contributed by atoms with Gasteiger partial charge >= 0.3 is 0 Å². The van der Waals surface area contributed by atoms with Crippen molar-refractivity contribution in [3.05, 3.63) is 100 Å². The molecule has 3 aromatic carbocycles. The normalized spacial score (nSPS) is 21.7. The molecule has 5 rings (SSSR count). The van der Waals surface area contributed by atoms with Crippen LogP contribution in [0.15, 0.2) is 78.9 Å². The summed E-state index contributed by atoms with van der Waals surface area (Å²) in [7, 11) is 0. The second-order valence-corrected chi connectivity index (χ2v) is 7.68. The van der Waals surface area contributed by atoms with Gasteiger partial charge in [0.25, 0.3) is 11.6 Å². The van der Waals surface area contributed by atoms with Gasteiger partial charge in [-0.05, 0) is 42.0 Å². The van der Waals surface area contributed by atoms with Crippen LogP contribution in [0.3, 0.4) is 0 Å². The highest BCUT2D eigenvalue weighted by molar-refractivity contribution is 6.23. The summed E-state index contributed by atoms with van der Waals surface area (Å²) in [6.45, 7) is 0. The van der Waals surface area contributed by atoms with Gasteiger partial charge in [0.05, 0.1) is 34.0 Å². The highest BCUT2D eigenvalue weighted by atomic mass is 16.7. The van der Waals surface area contributed by atoms with Crippen LogP contribution in [0.2, 0.25) is 0 Å². The molecule has 0 aromatic heterocycles. The van der Waals surface area contributed by atoms with Gasteiger partial charge in [0.2, 0.25) is 5.91 Å². The molecule has 2 saturated heterocycles. The molecule has 0 radical (unpaired) electrons. The van der Waals surface area contributed by atoms with Crippen molar-refractivity contribution in [2.75, 3.05) is 9.96 Å². The van der Waals surface area contributed by atoms with E-state index in [1.807, 2.05) is 30.3 Å². The first-order chi connectivity index (χ1) is 16.0. The molecule has 3 unspecified atom stereocenters. The Morgan fingerprint density at radius 1 is 0.879 bits per heavy atom. The Morgan fingerprint density at radius 3 is 2.15 bits per heavy atom. The van der Waals surface area contributed by atoms with E-state index < -0.39 is 34.8 Å². The van der Waals surface area contributed by atoms with Crippen LogP contribution in [-0.4, -0.2) is 22.8 Å². The second-order valence-electron chi connectivity index (χ2n) is 7.68. The Labute approximate surface area is 188 Å². The number of nitro groups is 1. The van der Waals surface area contributed by atoms with Gasteiger partial charge in [0.1, 0.15) is 5.92 Å². The minimum atomic E-state index is -1.05. The number of carbonyl (C=O) groups excluding carboxylic acids is 2. The molecule has 2 aliphatic rings. The molecule has 3 aromatic rings. The molecule has 162 valence electrons. The van der Waals surface area contributed by atoms with Crippen LogP contribution in [0, 0.1) is 27.4 Å². The van der Waals surface area contributed by atoms with Crippen LogP contribution in [0.5, 0.6) is 0 Å². The first-order valence-corrected chi connectivity index (χ1v) is 10.1. The molecule has 2 fully saturated rings. The van der Waals surface area contributed by atoms with Crippen LogP contribution in [0.25, 0.3) is 0 Å². The van der Waals surface area contributed by atoms with Crippen molar-refractivity contribution in [1.82, 2.24) is 0 Å². The van der Waals surface area contributed by atoms with Gasteiger partial charge in [-0.2, -0.15) is 5.26 Å². The zero-order valence-corrected chi connectivity index (χ0v) is 17.1. The Kier molecular flexibility index (Phi) is 4.84. The molecular formula is C24H16N4O5. The third-order valence-electron chi connectivity index (χ3n) is 5.83. The lowest BCUT2D eigenvalue weighted by atomic mass is 9.90. The number of para-hydroxylation sites is 1. The largest absolute Gasteiger partial charge is 0.273 e. The molecule has 0 N–H and O–H groups in total. The number of benzene rings is 3. The standard InChI is InChI=1S/C24H16N4O5/c25-14-15-6-8-16(9-7-15)21-20-22(33-27(21)18-4-2-1-3-5-18)24(30)26(23(20)29)17-10-12-19(13-11-17)28(31)32/h1-13,20-22H. The molecule has 0 saturated carbocycles. The average molecular weight is 440 g/mol. The Bertz CT molecular complexity index is 1290. The number of hydrogen-bond acceptors (Lipinski definition) is 7. The number of rotatable bonds is 4. The summed E-state index contributed by atoms with van der Waals surface area (Å²) >= 11 is 0. The van der Waals surface area contributed by atoms with E-state index in [2.05, 4.69) is 6.07 Å². The summed E-state index contributed by atoms with van der Waals surface area (Å²) in [6.07, 6.45) is -1.05. The minimum Gasteiger partial charge on any atom is -0.273 e. The molecular weight excluding hydrogens is 424 g/mol. The summed E-state index contributed by atoms with van der Waals surface area (Å²) in [5.74, 6) is -1.82. The van der Waals surface area contributed by atoms with Crippen LogP contribution >= 0.6 is 0 Å². The number of nitrogens with zero attached hydrogens (tertiary/aromatic N) is 4. The van der Waals surface area contributed by atoms with Crippen LogP contribution in [-0.2, 0) is 14.4 Å². The van der Waals surface area contributed by atoms with E-state index in [0.29, 0.717) is 11.3 Å². The van der Waals surface area contributed by atoms with Crippen LogP contribution in [0.1, 0.15) is 17.2 Å². The van der Waals surface area contributed by atoms with Crippen molar-refractivity contribution in [3.8, 4) is 6.07 Å². The van der Waals surface area contributed by atoms with E-state index in [9.17, 15) is 19.7 Å². The van der Waals surface area contributed by atoms with Crippen LogP contribution < -0.4 is 9.96 Å². The summed E-state index contributed by atoms with van der Waals surface area (Å²) in [4.78, 5) is 44.2. The van der Waals surface area contributed by atoms with E-state index in [1.165, 1.54) is 24.3 Å². The lowest BCUT2D eigenvalue weighted by molar-refractivity contribution is -0.384. The molecule has 0 aliphatic carbocycles. The Balaban J connectivity index is 1.55. The van der Waals surface area contributed by atoms with E-state index >= 15 is 0 Å². The van der Waals surface area contributed by atoms with Crippen molar-refractivity contribution in [2.45, 2.75) is 12.1 Å². The molecule has 0 spiro atoms. The SMILES string of the molecule is N#Cc1ccc(C2C3C(=O)N(c4ccc([N+](=O)[O-])cc4)C(=O)C3ON2c2ccccc2)cc1. The zero-order chi connectivity index (χ0) is 23.1. The average Bonchev–Trinajstić information content (AvgIpc) is 3.35. The van der Waals surface area contributed by atoms with Gasteiger partial charge in [0.15, 0.2) is 6.10 Å². The Morgan fingerprint density at radius 2 is 1.55 bits per heavy atom. The lowest BCUT2D eigenvalue weighted by Crippen LogP contribution is -2.37. The second kappa shape index (κ2) is 7.85. The number of fused-ring (bicyclic) bond motifs is 1. The Hall–Kier alpha value is -4.55. The maximum Gasteiger partial charge on any atom is 0.269 e. The zero-order valence-electron chi connectivity index (χ0n) is 17.1. The molecule has 2 aliphatic heterocycles. The quantitative estimate of drug-likeness (QED) is 0.346. The van der Waals surface area contributed by atoms with Crippen molar-refractivity contribution in [2.24, 2.45) is 5.92 Å². The molecule has 2 heterocycles. The lowest BCUT2D eigenvalue weighted by Gasteiger charge is -2.28. The van der Waals surface area contributed by atoms with Gasteiger partial charge in [-0.1, -0.05) is 30.3 Å². The minimum absolute atomic E-state index is 0.139. The number of anilines is 2. The van der Waals surface area contributed by atoms with Gasteiger partial charge in [-0.3, -0.25) is 24.5 Å². The van der Waals surface area contributed by atoms with Crippen molar-refractivity contribution >= 4 is 28.9 Å². The topological polar surface area (TPSA) is 117 Å². The number of carbonyl (C=O) groups is 2. The molecule has 9 nitrogen and oxygen atoms in total. The van der Waals surface area contributed by atoms with E-state index in [-0.39, 0.29) is 11.4 Å². The number of amides is 2. The molecule has 0 bridgehead atoms. The smallest absolute Gasteiger partial charge is 0.269 e. The summed E-state index contributed by atoms with van der Waals surface area (Å²) in [5, 5.41) is 21.7. The predicted molar refractivity (Wildman–Crippen MR) is 117 cm³/mol. The first-order valence-electron chi connectivity index (χ1n) is 10.1. The monoisotopic (exact) mass is 440 g/mol. The van der Waals surface area contributed by atoms with Gasteiger partial charge in [-0.25, -0.2) is 9.96 Å². The van der Waals surface area contributed by atoms with E-state index in [1.54, 1.807) is 29.3 Å². The maximum atomic E-state index is 13.5.